The molecule has 6 N–H and O–H groups in total. The zero-order valence-corrected chi connectivity index (χ0v) is 19.3. The van der Waals surface area contributed by atoms with Crippen LogP contribution in [-0.2, 0) is 0 Å². The molecule has 2 bridgehead atoms. The first-order chi connectivity index (χ1) is 16.5. The summed E-state index contributed by atoms with van der Waals surface area (Å²) in [7, 11) is 1.45. The third-order valence-corrected chi connectivity index (χ3v) is 5.29. The van der Waals surface area contributed by atoms with Gasteiger partial charge in [0.2, 0.25) is 0 Å². The Morgan fingerprint density at radius 1 is 1.31 bits per heavy atom. The number of halogens is 4. The van der Waals surface area contributed by atoms with Gasteiger partial charge in [-0.1, -0.05) is 0 Å². The van der Waals surface area contributed by atoms with Crippen LogP contribution in [0.4, 0.5) is 23.4 Å². The molecule has 2 heterocycles. The van der Waals surface area contributed by atoms with E-state index in [2.05, 4.69) is 20.5 Å². The first-order valence-electron chi connectivity index (χ1n) is 10.6. The van der Waals surface area contributed by atoms with Gasteiger partial charge in [0.15, 0.2) is 11.6 Å². The van der Waals surface area contributed by atoms with Gasteiger partial charge in [-0.3, -0.25) is 10.4 Å². The molecular weight excluding hydrogens is 466 g/mol. The maximum absolute atomic E-state index is 14.2. The Bertz CT molecular complexity index is 1230. The molecule has 2 aromatic rings. The summed E-state index contributed by atoms with van der Waals surface area (Å²) in [4.78, 5) is 8.34. The minimum absolute atomic E-state index is 0.0201. The van der Waals surface area contributed by atoms with Gasteiger partial charge in [0.1, 0.15) is 17.6 Å². The Morgan fingerprint density at radius 3 is 2.66 bits per heavy atom. The van der Waals surface area contributed by atoms with E-state index in [-0.39, 0.29) is 51.9 Å². The minimum Gasteiger partial charge on any atom is -0.482 e. The van der Waals surface area contributed by atoms with Gasteiger partial charge in [0.25, 0.3) is 0 Å². The van der Waals surface area contributed by atoms with Gasteiger partial charge >= 0.3 is 6.18 Å². The number of nitrogens with two attached hydrogens (primary N) is 2. The van der Waals surface area contributed by atoms with Crippen molar-refractivity contribution >= 4 is 23.0 Å². The molecule has 186 valence electrons. The number of aromatic nitrogens is 1. The van der Waals surface area contributed by atoms with Crippen LogP contribution in [0.3, 0.4) is 0 Å². The van der Waals surface area contributed by atoms with Crippen molar-refractivity contribution in [1.29, 1.82) is 5.41 Å². The van der Waals surface area contributed by atoms with Crippen LogP contribution in [0.25, 0.3) is 0 Å². The monoisotopic (exact) mass is 491 g/mol. The first-order valence-corrected chi connectivity index (χ1v) is 10.6. The molecule has 12 heteroatoms. The first kappa shape index (κ1) is 25.7. The van der Waals surface area contributed by atoms with E-state index in [1.165, 1.54) is 31.4 Å². The van der Waals surface area contributed by atoms with E-state index in [4.69, 9.17) is 21.6 Å². The fourth-order valence-electron chi connectivity index (χ4n) is 3.67. The number of pyridine rings is 1. The number of fused-ring (bicyclic) bond motifs is 3. The second kappa shape index (κ2) is 10.1. The predicted octanol–water partition coefficient (Wildman–Crippen LogP) is 3.87. The number of aliphatic imine (C=N–C) groups is 1. The lowest BCUT2D eigenvalue weighted by molar-refractivity contribution is -0.0932. The lowest BCUT2D eigenvalue weighted by Gasteiger charge is -2.23. The van der Waals surface area contributed by atoms with Crippen molar-refractivity contribution in [3.05, 3.63) is 64.2 Å². The second-order valence-electron chi connectivity index (χ2n) is 7.65. The second-order valence-corrected chi connectivity index (χ2v) is 7.65. The highest BCUT2D eigenvalue weighted by molar-refractivity contribution is 6.48. The molecule has 1 aromatic carbocycles. The third-order valence-electron chi connectivity index (χ3n) is 5.29. The maximum atomic E-state index is 14.2. The summed E-state index contributed by atoms with van der Waals surface area (Å²) in [6.07, 6.45) is -4.90. The number of anilines is 1. The topological polar surface area (TPSA) is 135 Å². The van der Waals surface area contributed by atoms with Crippen LogP contribution < -0.4 is 21.6 Å². The minimum atomic E-state index is -4.88. The fraction of sp³-hybridized carbons (Fsp3) is 0.304. The Labute approximate surface area is 199 Å². The van der Waals surface area contributed by atoms with Crippen molar-refractivity contribution in [2.45, 2.75) is 32.5 Å². The molecule has 1 atom stereocenters. The van der Waals surface area contributed by atoms with Crippen LogP contribution in [-0.4, -0.2) is 41.9 Å². The van der Waals surface area contributed by atoms with Crippen molar-refractivity contribution in [2.24, 2.45) is 15.8 Å². The number of nitrogens with zero attached hydrogens (tertiary/aromatic N) is 3. The smallest absolute Gasteiger partial charge is 0.431 e. The van der Waals surface area contributed by atoms with E-state index in [9.17, 15) is 17.6 Å². The Kier molecular flexibility index (Phi) is 7.42. The number of rotatable bonds is 2. The number of nitrogens with one attached hydrogen (secondary N) is 2. The molecule has 0 fully saturated rings. The summed E-state index contributed by atoms with van der Waals surface area (Å²) in [5.41, 5.74) is 12.6. The van der Waals surface area contributed by atoms with E-state index in [0.29, 0.717) is 0 Å². The molecule has 0 saturated heterocycles. The molecular formula is C23H25F4N7O. The predicted molar refractivity (Wildman–Crippen MR) is 126 cm³/mol. The number of hydrazone groups is 1. The quantitative estimate of drug-likeness (QED) is 0.374. The molecule has 1 unspecified atom stereocenters. The van der Waals surface area contributed by atoms with Gasteiger partial charge in [0, 0.05) is 48.5 Å². The molecule has 0 amide bonds. The van der Waals surface area contributed by atoms with Crippen LogP contribution in [0.15, 0.2) is 51.8 Å². The van der Waals surface area contributed by atoms with E-state index in [1.54, 1.807) is 13.8 Å². The van der Waals surface area contributed by atoms with E-state index < -0.39 is 35.8 Å². The van der Waals surface area contributed by atoms with Gasteiger partial charge in [-0.2, -0.15) is 18.3 Å². The summed E-state index contributed by atoms with van der Waals surface area (Å²) >= 11 is 0. The van der Waals surface area contributed by atoms with Crippen LogP contribution >= 0.6 is 0 Å². The van der Waals surface area contributed by atoms with Crippen molar-refractivity contribution < 1.29 is 22.3 Å². The molecule has 1 aliphatic heterocycles. The van der Waals surface area contributed by atoms with Crippen LogP contribution in [0.2, 0.25) is 0 Å². The van der Waals surface area contributed by atoms with E-state index >= 15 is 0 Å². The number of hydrogen-bond donors (Lipinski definition) is 4. The molecule has 3 rings (SSSR count). The average Bonchev–Trinajstić information content (AvgIpc) is 2.80. The number of benzene rings is 1. The number of alkyl halides is 3. The Hall–Kier alpha value is -3.96. The summed E-state index contributed by atoms with van der Waals surface area (Å²) in [5.74, 6) is -0.534. The normalized spacial score (nSPS) is 20.5. The molecule has 0 aliphatic carbocycles. The Morgan fingerprint density at radius 2 is 2.03 bits per heavy atom. The zero-order valence-electron chi connectivity index (χ0n) is 19.3. The fourth-order valence-corrected chi connectivity index (χ4v) is 3.67. The number of ether oxygens (including phenoxy) is 1. The van der Waals surface area contributed by atoms with E-state index in [1.807, 2.05) is 0 Å². The molecule has 1 aromatic heterocycles. The summed E-state index contributed by atoms with van der Waals surface area (Å²) in [5, 5.41) is 12.8. The number of hydrogen-bond acceptors (Lipinski definition) is 8. The molecule has 0 radical (unpaired) electrons. The SMILES string of the molecule is CCN=C1C(=C(N)C(F)(F)F)C/C(=N/NC)C(=N)c2ccc(F)cc2C(C)Oc2cc1cnc2N. The molecule has 0 saturated carbocycles. The highest BCUT2D eigenvalue weighted by Crippen LogP contribution is 2.33. The van der Waals surface area contributed by atoms with Crippen LogP contribution in [0.5, 0.6) is 5.75 Å². The summed E-state index contributed by atoms with van der Waals surface area (Å²) in [6, 6.07) is 5.09. The van der Waals surface area contributed by atoms with Crippen molar-refractivity contribution in [1.82, 2.24) is 10.4 Å². The maximum Gasteiger partial charge on any atom is 0.431 e. The molecule has 0 spiro atoms. The lowest BCUT2D eigenvalue weighted by Crippen LogP contribution is -2.29. The van der Waals surface area contributed by atoms with Gasteiger partial charge < -0.3 is 21.6 Å². The number of nitrogen functional groups attached to an aromatic ring is 1. The molecule has 35 heavy (non-hydrogen) atoms. The Balaban J connectivity index is 2.41. The largest absolute Gasteiger partial charge is 0.482 e. The van der Waals surface area contributed by atoms with Crippen LogP contribution in [0.1, 0.15) is 43.1 Å². The average molecular weight is 491 g/mol. The van der Waals surface area contributed by atoms with Crippen LogP contribution in [0, 0.1) is 11.2 Å². The highest BCUT2D eigenvalue weighted by atomic mass is 19.4. The van der Waals surface area contributed by atoms with Gasteiger partial charge in [0.05, 0.1) is 17.1 Å². The van der Waals surface area contributed by atoms with Crippen molar-refractivity contribution in [2.75, 3.05) is 19.3 Å². The van der Waals surface area contributed by atoms with Crippen molar-refractivity contribution in [3.8, 4) is 5.75 Å². The highest BCUT2D eigenvalue weighted by Gasteiger charge is 2.37. The summed E-state index contributed by atoms with van der Waals surface area (Å²) in [6.45, 7) is 3.43. The van der Waals surface area contributed by atoms with Gasteiger partial charge in [-0.15, -0.1) is 0 Å². The van der Waals surface area contributed by atoms with E-state index in [0.717, 1.165) is 6.07 Å². The van der Waals surface area contributed by atoms with Crippen molar-refractivity contribution in [3.63, 3.8) is 0 Å². The van der Waals surface area contributed by atoms with Gasteiger partial charge in [-0.25, -0.2) is 9.37 Å². The summed E-state index contributed by atoms with van der Waals surface area (Å²) < 4.78 is 61.6. The van der Waals surface area contributed by atoms with Gasteiger partial charge in [-0.05, 0) is 38.1 Å². The zero-order chi connectivity index (χ0) is 25.9. The standard InChI is InChI=1S/C23H25F4N7O/c1-4-32-20-12-7-18(22(30)33-10-12)35-11(2)15-8-13(24)5-6-14(15)19(28)17(34-31-3)9-16(20)21(29)23(25,26)27/h5-8,10-11,28,31H,4,9,29H2,1-3H3,(H2,30,33)/b21-16?,28-19?,32-20?,34-17-. The number of allylic oxidation sites excluding steroid dienone is 2. The third kappa shape index (κ3) is 5.42. The molecule has 8 nitrogen and oxygen atoms in total. The lowest BCUT2D eigenvalue weighted by atomic mass is 9.90. The molecule has 1 aliphatic rings.